The molecule has 0 aliphatic carbocycles. The predicted molar refractivity (Wildman–Crippen MR) is 96.3 cm³/mol. The van der Waals surface area contributed by atoms with Gasteiger partial charge in [0.1, 0.15) is 0 Å². The molecular formula is C18H25NO4S. The van der Waals surface area contributed by atoms with Crippen LogP contribution in [0.25, 0.3) is 0 Å². The van der Waals surface area contributed by atoms with E-state index in [0.29, 0.717) is 24.5 Å². The molecule has 1 aliphatic heterocycles. The van der Waals surface area contributed by atoms with Crippen LogP contribution in [0.15, 0.2) is 24.3 Å². The summed E-state index contributed by atoms with van der Waals surface area (Å²) in [6.45, 7) is 1.71. The molecule has 5 nitrogen and oxygen atoms in total. The number of nitrogens with one attached hydrogen (secondary N) is 1. The fraction of sp³-hybridized carbons (Fsp3) is 0.556. The van der Waals surface area contributed by atoms with Crippen molar-refractivity contribution in [3.05, 3.63) is 29.8 Å². The van der Waals surface area contributed by atoms with Crippen LogP contribution in [0.3, 0.4) is 0 Å². The Morgan fingerprint density at radius 1 is 1.21 bits per heavy atom. The smallest absolute Gasteiger partial charge is 0.303 e. The Balaban J connectivity index is 1.72. The summed E-state index contributed by atoms with van der Waals surface area (Å²) >= 11 is 1.95. The first kappa shape index (κ1) is 18.8. The Bertz CT molecular complexity index is 544. The summed E-state index contributed by atoms with van der Waals surface area (Å²) in [7, 11) is 0. The monoisotopic (exact) mass is 351 g/mol. The summed E-state index contributed by atoms with van der Waals surface area (Å²) in [5, 5.41) is 12.1. The molecule has 2 rings (SSSR count). The number of ether oxygens (including phenoxy) is 1. The van der Waals surface area contributed by atoms with Gasteiger partial charge in [-0.3, -0.25) is 9.59 Å². The third-order valence-corrected chi connectivity index (χ3v) is 5.35. The lowest BCUT2D eigenvalue weighted by Crippen LogP contribution is -2.17. The third kappa shape index (κ3) is 7.36. The molecule has 1 aromatic carbocycles. The van der Waals surface area contributed by atoms with E-state index < -0.39 is 5.97 Å². The normalized spacial score (nSPS) is 15.2. The van der Waals surface area contributed by atoms with Gasteiger partial charge in [-0.15, -0.1) is 0 Å². The van der Waals surface area contributed by atoms with E-state index in [1.165, 1.54) is 5.56 Å². The van der Waals surface area contributed by atoms with Crippen molar-refractivity contribution in [3.63, 3.8) is 0 Å². The van der Waals surface area contributed by atoms with Gasteiger partial charge in [-0.25, -0.2) is 0 Å². The number of benzene rings is 1. The van der Waals surface area contributed by atoms with Crippen LogP contribution in [-0.2, 0) is 20.1 Å². The molecule has 0 spiro atoms. The van der Waals surface area contributed by atoms with Crippen molar-refractivity contribution in [2.75, 3.05) is 18.5 Å². The lowest BCUT2D eigenvalue weighted by Gasteiger charge is -2.21. The topological polar surface area (TPSA) is 75.6 Å². The standard InChI is InChI=1S/C18H25NO4S/c20-17(6-1-2-7-18(21)22)19-15-5-3-4-14(12-15)13-24-16-8-10-23-11-9-16/h3-5,12,16H,1-2,6-11,13H2,(H,19,20)(H,21,22). The van der Waals surface area contributed by atoms with Crippen LogP contribution in [0.2, 0.25) is 0 Å². The number of carbonyl (C=O) groups is 2. The van der Waals surface area contributed by atoms with E-state index in [0.717, 1.165) is 37.5 Å². The first-order valence-corrected chi connectivity index (χ1v) is 9.48. The third-order valence-electron chi connectivity index (χ3n) is 3.91. The molecule has 1 aromatic rings. The fourth-order valence-corrected chi connectivity index (χ4v) is 3.71. The SMILES string of the molecule is O=C(O)CCCCC(=O)Nc1cccc(CSC2CCOCC2)c1. The van der Waals surface area contributed by atoms with Crippen molar-refractivity contribution in [3.8, 4) is 0 Å². The minimum Gasteiger partial charge on any atom is -0.481 e. The van der Waals surface area contributed by atoms with Crippen molar-refractivity contribution in [2.45, 2.75) is 49.5 Å². The number of carboxylic acids is 1. The van der Waals surface area contributed by atoms with Crippen LogP contribution >= 0.6 is 11.8 Å². The number of unbranched alkanes of at least 4 members (excludes halogenated alkanes) is 1. The van der Waals surface area contributed by atoms with Crippen molar-refractivity contribution in [1.29, 1.82) is 0 Å². The van der Waals surface area contributed by atoms with Crippen molar-refractivity contribution in [1.82, 2.24) is 0 Å². The number of aliphatic carboxylic acids is 1. The average molecular weight is 351 g/mol. The Morgan fingerprint density at radius 2 is 1.96 bits per heavy atom. The van der Waals surface area contributed by atoms with Gasteiger partial charge in [-0.2, -0.15) is 11.8 Å². The molecule has 1 fully saturated rings. The molecule has 2 N–H and O–H groups in total. The molecule has 1 saturated heterocycles. The number of carboxylic acid groups (broad SMARTS) is 1. The molecule has 0 saturated carbocycles. The lowest BCUT2D eigenvalue weighted by molar-refractivity contribution is -0.137. The molecule has 0 unspecified atom stereocenters. The van der Waals surface area contributed by atoms with Gasteiger partial charge in [-0.1, -0.05) is 12.1 Å². The van der Waals surface area contributed by atoms with Crippen molar-refractivity contribution < 1.29 is 19.4 Å². The average Bonchev–Trinajstić information content (AvgIpc) is 2.58. The van der Waals surface area contributed by atoms with Gasteiger partial charge in [0.2, 0.25) is 5.91 Å². The maximum atomic E-state index is 11.9. The fourth-order valence-electron chi connectivity index (χ4n) is 2.58. The molecule has 132 valence electrons. The van der Waals surface area contributed by atoms with Gasteiger partial charge in [0, 0.05) is 42.7 Å². The second-order valence-corrected chi connectivity index (χ2v) is 7.26. The Morgan fingerprint density at radius 3 is 2.71 bits per heavy atom. The minimum atomic E-state index is -0.815. The number of thioether (sulfide) groups is 1. The molecule has 0 atom stereocenters. The van der Waals surface area contributed by atoms with Crippen LogP contribution < -0.4 is 5.32 Å². The van der Waals surface area contributed by atoms with Crippen molar-refractivity contribution >= 4 is 29.3 Å². The van der Waals surface area contributed by atoms with E-state index in [-0.39, 0.29) is 12.3 Å². The van der Waals surface area contributed by atoms with Gasteiger partial charge >= 0.3 is 5.97 Å². The van der Waals surface area contributed by atoms with Gasteiger partial charge < -0.3 is 15.2 Å². The summed E-state index contributed by atoms with van der Waals surface area (Å²) < 4.78 is 5.37. The van der Waals surface area contributed by atoms with Crippen LogP contribution in [0.4, 0.5) is 5.69 Å². The van der Waals surface area contributed by atoms with Gasteiger partial charge in [0.15, 0.2) is 0 Å². The van der Waals surface area contributed by atoms with Gasteiger partial charge in [-0.05, 0) is 43.4 Å². The molecule has 6 heteroatoms. The summed E-state index contributed by atoms with van der Waals surface area (Å²) in [5.74, 6) is 0.0623. The first-order valence-electron chi connectivity index (χ1n) is 8.43. The van der Waals surface area contributed by atoms with E-state index >= 15 is 0 Å². The number of hydrogen-bond donors (Lipinski definition) is 2. The van der Waals surface area contributed by atoms with Crippen LogP contribution in [-0.4, -0.2) is 35.4 Å². The highest BCUT2D eigenvalue weighted by atomic mass is 32.2. The maximum Gasteiger partial charge on any atom is 0.303 e. The van der Waals surface area contributed by atoms with E-state index in [1.54, 1.807) is 0 Å². The van der Waals surface area contributed by atoms with E-state index in [2.05, 4.69) is 11.4 Å². The molecule has 1 heterocycles. The van der Waals surface area contributed by atoms with Crippen LogP contribution in [0, 0.1) is 0 Å². The second-order valence-electron chi connectivity index (χ2n) is 5.97. The Hall–Kier alpha value is -1.53. The van der Waals surface area contributed by atoms with Gasteiger partial charge in [0.25, 0.3) is 0 Å². The summed E-state index contributed by atoms with van der Waals surface area (Å²) in [6, 6.07) is 7.94. The molecule has 0 radical (unpaired) electrons. The van der Waals surface area contributed by atoms with Crippen molar-refractivity contribution in [2.24, 2.45) is 0 Å². The zero-order valence-electron chi connectivity index (χ0n) is 13.8. The maximum absolute atomic E-state index is 11.9. The summed E-state index contributed by atoms with van der Waals surface area (Å²) in [5.41, 5.74) is 2.01. The molecule has 1 aliphatic rings. The highest BCUT2D eigenvalue weighted by molar-refractivity contribution is 7.99. The summed E-state index contributed by atoms with van der Waals surface area (Å²) in [4.78, 5) is 22.3. The lowest BCUT2D eigenvalue weighted by atomic mass is 10.2. The molecular weight excluding hydrogens is 326 g/mol. The molecule has 1 amide bonds. The number of hydrogen-bond acceptors (Lipinski definition) is 4. The zero-order valence-corrected chi connectivity index (χ0v) is 14.6. The van der Waals surface area contributed by atoms with Gasteiger partial charge in [0.05, 0.1) is 0 Å². The van der Waals surface area contributed by atoms with E-state index in [1.807, 2.05) is 30.0 Å². The molecule has 0 aromatic heterocycles. The second kappa shape index (κ2) is 10.4. The highest BCUT2D eigenvalue weighted by Gasteiger charge is 2.14. The molecule has 0 bridgehead atoms. The van der Waals surface area contributed by atoms with Crippen LogP contribution in [0.1, 0.15) is 44.1 Å². The number of anilines is 1. The first-order chi connectivity index (χ1) is 11.6. The highest BCUT2D eigenvalue weighted by Crippen LogP contribution is 2.26. The predicted octanol–water partition coefficient (Wildman–Crippen LogP) is 3.68. The Kier molecular flexibility index (Phi) is 8.12. The van der Waals surface area contributed by atoms with Crippen LogP contribution in [0.5, 0.6) is 0 Å². The Labute approximate surface area is 147 Å². The minimum absolute atomic E-state index is 0.0605. The number of rotatable bonds is 9. The van der Waals surface area contributed by atoms with E-state index in [9.17, 15) is 9.59 Å². The number of carbonyl (C=O) groups excluding carboxylic acids is 1. The largest absolute Gasteiger partial charge is 0.481 e. The molecule has 24 heavy (non-hydrogen) atoms. The number of amides is 1. The van der Waals surface area contributed by atoms with E-state index in [4.69, 9.17) is 9.84 Å². The summed E-state index contributed by atoms with van der Waals surface area (Å²) in [6.07, 6.45) is 3.82. The quantitative estimate of drug-likeness (QED) is 0.664. The zero-order chi connectivity index (χ0) is 17.2.